The van der Waals surface area contributed by atoms with Gasteiger partial charge in [-0.3, -0.25) is 4.90 Å². The first-order chi connectivity index (χ1) is 8.22. The van der Waals surface area contributed by atoms with E-state index >= 15 is 0 Å². The van der Waals surface area contributed by atoms with E-state index in [-0.39, 0.29) is 12.1 Å². The van der Waals surface area contributed by atoms with Crippen LogP contribution in [0.2, 0.25) is 0 Å². The Hall–Kier alpha value is 0.0600. The SMILES string of the molecule is CCCN1CCOC(C(N)c2cscc2Br)C1. The minimum atomic E-state index is -0.0321. The van der Waals surface area contributed by atoms with Gasteiger partial charge in [0.1, 0.15) is 0 Å². The zero-order chi connectivity index (χ0) is 12.3. The van der Waals surface area contributed by atoms with Crippen LogP contribution in [-0.4, -0.2) is 37.2 Å². The molecule has 1 fully saturated rings. The van der Waals surface area contributed by atoms with E-state index in [0.29, 0.717) is 0 Å². The highest BCUT2D eigenvalue weighted by Gasteiger charge is 2.27. The fourth-order valence-electron chi connectivity index (χ4n) is 2.20. The van der Waals surface area contributed by atoms with Gasteiger partial charge >= 0.3 is 0 Å². The maximum Gasteiger partial charge on any atom is 0.0895 e. The molecule has 3 nitrogen and oxygen atoms in total. The van der Waals surface area contributed by atoms with Crippen LogP contribution in [0.4, 0.5) is 0 Å². The van der Waals surface area contributed by atoms with E-state index in [9.17, 15) is 0 Å². The molecule has 0 aliphatic carbocycles. The second kappa shape index (κ2) is 6.29. The molecule has 0 radical (unpaired) electrons. The average Bonchev–Trinajstić information content (AvgIpc) is 2.75. The van der Waals surface area contributed by atoms with Crippen molar-refractivity contribution in [2.75, 3.05) is 26.2 Å². The second-order valence-electron chi connectivity index (χ2n) is 4.41. The number of ether oxygens (including phenoxy) is 1. The van der Waals surface area contributed by atoms with Gasteiger partial charge in [-0.2, -0.15) is 11.3 Å². The Morgan fingerprint density at radius 1 is 1.65 bits per heavy atom. The highest BCUT2D eigenvalue weighted by Crippen LogP contribution is 2.29. The van der Waals surface area contributed by atoms with Gasteiger partial charge < -0.3 is 10.5 Å². The van der Waals surface area contributed by atoms with Gasteiger partial charge in [-0.25, -0.2) is 0 Å². The molecule has 1 aromatic rings. The molecule has 17 heavy (non-hydrogen) atoms. The van der Waals surface area contributed by atoms with Gasteiger partial charge in [0.25, 0.3) is 0 Å². The third-order valence-corrected chi connectivity index (χ3v) is 4.87. The molecule has 0 saturated carbocycles. The Morgan fingerprint density at radius 2 is 2.47 bits per heavy atom. The minimum absolute atomic E-state index is 0.0321. The lowest BCUT2D eigenvalue weighted by Crippen LogP contribution is -2.47. The topological polar surface area (TPSA) is 38.5 Å². The Morgan fingerprint density at radius 3 is 3.12 bits per heavy atom. The van der Waals surface area contributed by atoms with Crippen LogP contribution in [0.15, 0.2) is 15.2 Å². The number of halogens is 1. The standard InChI is InChI=1S/C12H19BrN2OS/c1-2-3-15-4-5-16-11(6-15)12(14)9-7-17-8-10(9)13/h7-8,11-12H,2-6,14H2,1H3. The molecule has 96 valence electrons. The predicted molar refractivity (Wildman–Crippen MR) is 75.4 cm³/mol. The highest BCUT2D eigenvalue weighted by molar-refractivity contribution is 9.10. The van der Waals surface area contributed by atoms with Crippen LogP contribution in [0.5, 0.6) is 0 Å². The largest absolute Gasteiger partial charge is 0.374 e. The Kier molecular flexibility index (Phi) is 4.99. The van der Waals surface area contributed by atoms with Gasteiger partial charge in [-0.05, 0) is 39.8 Å². The van der Waals surface area contributed by atoms with E-state index in [4.69, 9.17) is 10.5 Å². The van der Waals surface area contributed by atoms with Crippen molar-refractivity contribution in [3.63, 3.8) is 0 Å². The van der Waals surface area contributed by atoms with E-state index in [1.54, 1.807) is 11.3 Å². The molecule has 1 aliphatic rings. The molecule has 2 N–H and O–H groups in total. The van der Waals surface area contributed by atoms with Crippen LogP contribution in [0.25, 0.3) is 0 Å². The molecule has 0 amide bonds. The number of morpholine rings is 1. The van der Waals surface area contributed by atoms with Gasteiger partial charge in [0.15, 0.2) is 0 Å². The molecule has 5 heteroatoms. The average molecular weight is 319 g/mol. The van der Waals surface area contributed by atoms with Crippen molar-refractivity contribution in [3.05, 3.63) is 20.8 Å². The first-order valence-electron chi connectivity index (χ1n) is 6.03. The first-order valence-corrected chi connectivity index (χ1v) is 7.77. The van der Waals surface area contributed by atoms with Crippen molar-refractivity contribution in [1.82, 2.24) is 4.90 Å². The molecule has 2 unspecified atom stereocenters. The molecule has 2 atom stereocenters. The summed E-state index contributed by atoms with van der Waals surface area (Å²) in [4.78, 5) is 2.44. The summed E-state index contributed by atoms with van der Waals surface area (Å²) < 4.78 is 6.92. The van der Waals surface area contributed by atoms with E-state index < -0.39 is 0 Å². The molecule has 0 spiro atoms. The van der Waals surface area contributed by atoms with Gasteiger partial charge in [0.2, 0.25) is 0 Å². The Labute approximate surface area is 115 Å². The van der Waals surface area contributed by atoms with Gasteiger partial charge in [0, 0.05) is 22.9 Å². The summed E-state index contributed by atoms with van der Waals surface area (Å²) in [6, 6.07) is -0.0321. The van der Waals surface area contributed by atoms with Crippen molar-refractivity contribution in [3.8, 4) is 0 Å². The lowest BCUT2D eigenvalue weighted by atomic mass is 10.0. The van der Waals surface area contributed by atoms with Crippen molar-refractivity contribution in [2.45, 2.75) is 25.5 Å². The summed E-state index contributed by atoms with van der Waals surface area (Å²) in [7, 11) is 0. The van der Waals surface area contributed by atoms with E-state index in [1.807, 2.05) is 0 Å². The quantitative estimate of drug-likeness (QED) is 0.927. The molecule has 2 rings (SSSR count). The maximum absolute atomic E-state index is 6.30. The molecule has 0 bridgehead atoms. The fraction of sp³-hybridized carbons (Fsp3) is 0.667. The van der Waals surface area contributed by atoms with Gasteiger partial charge in [-0.1, -0.05) is 6.92 Å². The summed E-state index contributed by atoms with van der Waals surface area (Å²) >= 11 is 5.21. The number of hydrogen-bond donors (Lipinski definition) is 1. The minimum Gasteiger partial charge on any atom is -0.374 e. The molecule has 2 heterocycles. The summed E-state index contributed by atoms with van der Waals surface area (Å²) in [5, 5.41) is 4.18. The van der Waals surface area contributed by atoms with Crippen molar-refractivity contribution < 1.29 is 4.74 Å². The monoisotopic (exact) mass is 318 g/mol. The highest BCUT2D eigenvalue weighted by atomic mass is 79.9. The predicted octanol–water partition coefficient (Wildman–Crippen LogP) is 2.62. The van der Waals surface area contributed by atoms with Crippen LogP contribution in [0.1, 0.15) is 24.9 Å². The normalized spacial score (nSPS) is 23.8. The van der Waals surface area contributed by atoms with Crippen LogP contribution in [0.3, 0.4) is 0 Å². The van der Waals surface area contributed by atoms with Gasteiger partial charge in [-0.15, -0.1) is 0 Å². The van der Waals surface area contributed by atoms with Crippen molar-refractivity contribution >= 4 is 27.3 Å². The summed E-state index contributed by atoms with van der Waals surface area (Å²) in [6.07, 6.45) is 1.30. The number of nitrogens with zero attached hydrogens (tertiary/aromatic N) is 1. The summed E-state index contributed by atoms with van der Waals surface area (Å²) in [6.45, 7) is 6.11. The van der Waals surface area contributed by atoms with Crippen LogP contribution in [-0.2, 0) is 4.74 Å². The smallest absolute Gasteiger partial charge is 0.0895 e. The number of nitrogens with two attached hydrogens (primary N) is 1. The molecule has 1 aromatic heterocycles. The van der Waals surface area contributed by atoms with Crippen molar-refractivity contribution in [2.24, 2.45) is 5.73 Å². The lowest BCUT2D eigenvalue weighted by Gasteiger charge is -2.35. The lowest BCUT2D eigenvalue weighted by molar-refractivity contribution is -0.0408. The van der Waals surface area contributed by atoms with E-state index in [1.165, 1.54) is 12.0 Å². The van der Waals surface area contributed by atoms with E-state index in [0.717, 1.165) is 30.7 Å². The Bertz CT molecular complexity index is 356. The molecular formula is C12H19BrN2OS. The fourth-order valence-corrected chi connectivity index (χ4v) is 3.81. The number of hydrogen-bond acceptors (Lipinski definition) is 4. The molecule has 1 saturated heterocycles. The second-order valence-corrected chi connectivity index (χ2v) is 6.01. The summed E-state index contributed by atoms with van der Waals surface area (Å²) in [5.74, 6) is 0. The third kappa shape index (κ3) is 3.29. The number of rotatable bonds is 4. The molecular weight excluding hydrogens is 300 g/mol. The van der Waals surface area contributed by atoms with Crippen LogP contribution < -0.4 is 5.73 Å². The summed E-state index contributed by atoms with van der Waals surface area (Å²) in [5.41, 5.74) is 7.46. The van der Waals surface area contributed by atoms with Gasteiger partial charge in [0.05, 0.1) is 18.8 Å². The zero-order valence-electron chi connectivity index (χ0n) is 10.1. The van der Waals surface area contributed by atoms with E-state index in [2.05, 4.69) is 38.5 Å². The number of thiophene rings is 1. The molecule has 1 aliphatic heterocycles. The maximum atomic E-state index is 6.30. The first kappa shape index (κ1) is 13.5. The third-order valence-electron chi connectivity index (χ3n) is 3.12. The molecule has 0 aromatic carbocycles. The van der Waals surface area contributed by atoms with Crippen LogP contribution >= 0.6 is 27.3 Å². The zero-order valence-corrected chi connectivity index (χ0v) is 12.5. The Balaban J connectivity index is 1.99. The van der Waals surface area contributed by atoms with Crippen LogP contribution in [0, 0.1) is 0 Å². The van der Waals surface area contributed by atoms with Crippen molar-refractivity contribution in [1.29, 1.82) is 0 Å².